The number of anilines is 1. The lowest BCUT2D eigenvalue weighted by atomic mass is 10.1. The minimum Gasteiger partial charge on any atom is -0.361 e. The predicted molar refractivity (Wildman–Crippen MR) is 96.7 cm³/mol. The standard InChI is InChI=1S/C17H16ClFN6O/c1-2-20-17(26)9-22-15-5-13(14(18)8-21-15)11-3-4-16(23-6-11)25-10-12(19)7-24-25/h3-8,10H,2,9H2,1H3,(H,20,26)(H,21,22). The largest absolute Gasteiger partial charge is 0.361 e. The maximum atomic E-state index is 13.1. The van der Waals surface area contributed by atoms with Gasteiger partial charge in [0.2, 0.25) is 5.91 Å². The first kappa shape index (κ1) is 17.8. The highest BCUT2D eigenvalue weighted by atomic mass is 35.5. The van der Waals surface area contributed by atoms with Gasteiger partial charge in [0.05, 0.1) is 24.0 Å². The molecule has 0 aliphatic heterocycles. The summed E-state index contributed by atoms with van der Waals surface area (Å²) >= 11 is 6.24. The maximum absolute atomic E-state index is 13.1. The van der Waals surface area contributed by atoms with Crippen molar-refractivity contribution in [2.24, 2.45) is 0 Å². The molecule has 9 heteroatoms. The third-order valence-corrected chi connectivity index (χ3v) is 3.81. The van der Waals surface area contributed by atoms with Crippen molar-refractivity contribution in [3.63, 3.8) is 0 Å². The van der Waals surface area contributed by atoms with Gasteiger partial charge in [0.15, 0.2) is 11.6 Å². The van der Waals surface area contributed by atoms with Gasteiger partial charge in [0.1, 0.15) is 5.82 Å². The lowest BCUT2D eigenvalue weighted by Crippen LogP contribution is -2.29. The fourth-order valence-electron chi connectivity index (χ4n) is 2.29. The van der Waals surface area contributed by atoms with E-state index in [1.54, 1.807) is 24.4 Å². The van der Waals surface area contributed by atoms with Crippen LogP contribution >= 0.6 is 11.6 Å². The van der Waals surface area contributed by atoms with Crippen molar-refractivity contribution < 1.29 is 9.18 Å². The van der Waals surface area contributed by atoms with Gasteiger partial charge >= 0.3 is 0 Å². The van der Waals surface area contributed by atoms with Crippen LogP contribution in [0.3, 0.4) is 0 Å². The molecule has 0 saturated heterocycles. The zero-order valence-electron chi connectivity index (χ0n) is 13.9. The van der Waals surface area contributed by atoms with Gasteiger partial charge in [0.25, 0.3) is 0 Å². The molecule has 134 valence electrons. The molecule has 1 amide bonds. The first-order valence-electron chi connectivity index (χ1n) is 7.90. The molecule has 0 aliphatic rings. The second-order valence-electron chi connectivity index (χ2n) is 5.36. The van der Waals surface area contributed by atoms with Crippen LogP contribution < -0.4 is 10.6 Å². The third-order valence-electron chi connectivity index (χ3n) is 3.50. The molecule has 0 spiro atoms. The molecule has 7 nitrogen and oxygen atoms in total. The summed E-state index contributed by atoms with van der Waals surface area (Å²) in [5.74, 6) is 0.449. The first-order valence-corrected chi connectivity index (χ1v) is 8.27. The Kier molecular flexibility index (Phi) is 5.43. The summed E-state index contributed by atoms with van der Waals surface area (Å²) in [5, 5.41) is 9.97. The second kappa shape index (κ2) is 7.92. The van der Waals surface area contributed by atoms with Crippen molar-refractivity contribution in [3.05, 3.63) is 53.8 Å². The number of hydrogen-bond donors (Lipinski definition) is 2. The average molecular weight is 375 g/mol. The Balaban J connectivity index is 1.79. The van der Waals surface area contributed by atoms with Crippen LogP contribution in [0.15, 0.2) is 43.0 Å². The van der Waals surface area contributed by atoms with Crippen LogP contribution in [0.25, 0.3) is 16.9 Å². The van der Waals surface area contributed by atoms with E-state index in [4.69, 9.17) is 11.6 Å². The molecule has 0 aromatic carbocycles. The number of carbonyl (C=O) groups is 1. The number of pyridine rings is 2. The Morgan fingerprint density at radius 3 is 2.77 bits per heavy atom. The van der Waals surface area contributed by atoms with Crippen molar-refractivity contribution >= 4 is 23.3 Å². The number of likely N-dealkylation sites (N-methyl/N-ethyl adjacent to an activating group) is 1. The van der Waals surface area contributed by atoms with Crippen molar-refractivity contribution in [1.82, 2.24) is 25.1 Å². The lowest BCUT2D eigenvalue weighted by molar-refractivity contribution is -0.119. The van der Waals surface area contributed by atoms with E-state index in [1.165, 1.54) is 17.1 Å². The summed E-state index contributed by atoms with van der Waals surface area (Å²) in [5.41, 5.74) is 1.47. The fraction of sp³-hybridized carbons (Fsp3) is 0.176. The Labute approximate surface area is 154 Å². The summed E-state index contributed by atoms with van der Waals surface area (Å²) in [6.07, 6.45) is 5.48. The molecule has 3 rings (SSSR count). The highest BCUT2D eigenvalue weighted by molar-refractivity contribution is 6.33. The van der Waals surface area contributed by atoms with Gasteiger partial charge in [-0.3, -0.25) is 4.79 Å². The van der Waals surface area contributed by atoms with Crippen LogP contribution in [-0.2, 0) is 4.79 Å². The van der Waals surface area contributed by atoms with Crippen molar-refractivity contribution in [1.29, 1.82) is 0 Å². The van der Waals surface area contributed by atoms with E-state index < -0.39 is 5.82 Å². The number of amides is 1. The van der Waals surface area contributed by atoms with Crippen LogP contribution in [0, 0.1) is 5.82 Å². The molecular weight excluding hydrogens is 359 g/mol. The summed E-state index contributed by atoms with van der Waals surface area (Å²) in [4.78, 5) is 20.0. The van der Waals surface area contributed by atoms with E-state index in [9.17, 15) is 9.18 Å². The van der Waals surface area contributed by atoms with Crippen LogP contribution in [0.5, 0.6) is 0 Å². The van der Waals surface area contributed by atoms with Gasteiger partial charge in [-0.1, -0.05) is 11.6 Å². The van der Waals surface area contributed by atoms with Gasteiger partial charge in [-0.15, -0.1) is 0 Å². The molecule has 3 aromatic heterocycles. The molecule has 0 atom stereocenters. The number of halogens is 2. The Morgan fingerprint density at radius 1 is 1.27 bits per heavy atom. The minimum atomic E-state index is -0.434. The van der Waals surface area contributed by atoms with E-state index in [0.717, 1.165) is 11.8 Å². The Hall–Kier alpha value is -3.00. The predicted octanol–water partition coefficient (Wildman–Crippen LogP) is 2.67. The second-order valence-corrected chi connectivity index (χ2v) is 5.77. The van der Waals surface area contributed by atoms with E-state index in [1.807, 2.05) is 6.92 Å². The summed E-state index contributed by atoms with van der Waals surface area (Å²) in [6, 6.07) is 5.25. The summed E-state index contributed by atoms with van der Waals surface area (Å²) in [7, 11) is 0. The number of hydrogen-bond acceptors (Lipinski definition) is 5. The quantitative estimate of drug-likeness (QED) is 0.693. The van der Waals surface area contributed by atoms with Gasteiger partial charge < -0.3 is 10.6 Å². The third kappa shape index (κ3) is 4.15. The first-order chi connectivity index (χ1) is 12.6. The number of rotatable bonds is 6. The number of aromatic nitrogens is 4. The van der Waals surface area contributed by atoms with Crippen LogP contribution in [0.2, 0.25) is 5.02 Å². The van der Waals surface area contributed by atoms with E-state index >= 15 is 0 Å². The molecule has 3 aromatic rings. The Morgan fingerprint density at radius 2 is 2.12 bits per heavy atom. The molecule has 2 N–H and O–H groups in total. The molecular formula is C17H16ClFN6O. The fourth-order valence-corrected chi connectivity index (χ4v) is 2.51. The van der Waals surface area contributed by atoms with Crippen molar-refractivity contribution in [2.45, 2.75) is 6.92 Å². The molecule has 26 heavy (non-hydrogen) atoms. The molecule has 0 saturated carbocycles. The van der Waals surface area contributed by atoms with Crippen molar-refractivity contribution in [2.75, 3.05) is 18.4 Å². The average Bonchev–Trinajstić information content (AvgIpc) is 3.08. The Bertz CT molecular complexity index is 912. The van der Waals surface area contributed by atoms with E-state index in [-0.39, 0.29) is 12.5 Å². The van der Waals surface area contributed by atoms with Crippen LogP contribution in [0.1, 0.15) is 6.92 Å². The number of nitrogens with zero attached hydrogens (tertiary/aromatic N) is 4. The zero-order valence-corrected chi connectivity index (χ0v) is 14.7. The van der Waals surface area contributed by atoms with Crippen molar-refractivity contribution in [3.8, 4) is 16.9 Å². The molecule has 0 unspecified atom stereocenters. The maximum Gasteiger partial charge on any atom is 0.239 e. The van der Waals surface area contributed by atoms with Gasteiger partial charge in [0, 0.05) is 30.1 Å². The molecule has 0 aliphatic carbocycles. The SMILES string of the molecule is CCNC(=O)CNc1cc(-c2ccc(-n3cc(F)cn3)nc2)c(Cl)cn1. The highest BCUT2D eigenvalue weighted by Gasteiger charge is 2.09. The summed E-state index contributed by atoms with van der Waals surface area (Å²) < 4.78 is 14.4. The van der Waals surface area contributed by atoms with E-state index in [0.29, 0.717) is 28.8 Å². The molecule has 0 fully saturated rings. The van der Waals surface area contributed by atoms with Crippen LogP contribution in [0.4, 0.5) is 10.2 Å². The lowest BCUT2D eigenvalue weighted by Gasteiger charge is -2.10. The van der Waals surface area contributed by atoms with Crippen LogP contribution in [-0.4, -0.2) is 38.7 Å². The zero-order chi connectivity index (χ0) is 18.5. The molecule has 0 radical (unpaired) electrons. The number of carbonyl (C=O) groups excluding carboxylic acids is 1. The normalized spacial score (nSPS) is 10.6. The molecule has 3 heterocycles. The molecule has 0 bridgehead atoms. The van der Waals surface area contributed by atoms with E-state index in [2.05, 4.69) is 25.7 Å². The van der Waals surface area contributed by atoms with Gasteiger partial charge in [-0.25, -0.2) is 19.0 Å². The van der Waals surface area contributed by atoms with Gasteiger partial charge in [-0.05, 0) is 25.1 Å². The van der Waals surface area contributed by atoms with Gasteiger partial charge in [-0.2, -0.15) is 5.10 Å². The topological polar surface area (TPSA) is 84.7 Å². The summed E-state index contributed by atoms with van der Waals surface area (Å²) in [6.45, 7) is 2.53. The minimum absolute atomic E-state index is 0.115. The smallest absolute Gasteiger partial charge is 0.239 e. The monoisotopic (exact) mass is 374 g/mol. The number of nitrogens with one attached hydrogen (secondary N) is 2. The highest BCUT2D eigenvalue weighted by Crippen LogP contribution is 2.29.